The van der Waals surface area contributed by atoms with Crippen molar-refractivity contribution >= 4 is 39.3 Å². The Kier molecular flexibility index (Phi) is 8.87. The molecule has 2 bridgehead atoms. The second-order valence-electron chi connectivity index (χ2n) is 15.9. The van der Waals surface area contributed by atoms with E-state index in [2.05, 4.69) is 21.1 Å². The number of halogens is 5. The van der Waals surface area contributed by atoms with Crippen LogP contribution in [-0.2, 0) is 4.74 Å². The van der Waals surface area contributed by atoms with E-state index in [1.807, 2.05) is 4.90 Å². The van der Waals surface area contributed by atoms with Gasteiger partial charge in [0, 0.05) is 78.1 Å². The summed E-state index contributed by atoms with van der Waals surface area (Å²) in [5, 5.41) is 14.6. The van der Waals surface area contributed by atoms with Gasteiger partial charge in [0.25, 0.3) is 0 Å². The smallest absolute Gasteiger partial charge is 0.446 e. The Hall–Kier alpha value is -3.90. The maximum atomic E-state index is 17.4. The number of aromatic nitrogens is 2. The SMILES string of the molecule is C#Cc1c(F)ccc2cc(O)cc(-c3c(SC(F)(F)F)cc4c(N5CC6CCC(C5)N6)nc(OCC5(CN6CCC7(CCOCC7)C6)CC5)nc4c3F)c12. The molecule has 8 nitrogen and oxygen atoms in total. The molecule has 9 rings (SSSR count). The number of aromatic hydroxyl groups is 1. The third kappa shape index (κ3) is 6.71. The summed E-state index contributed by atoms with van der Waals surface area (Å²) >= 11 is -0.495. The standard InChI is InChI=1S/C40H40F5N5O3S/c1-2-27-30(41)6-3-23-15-26(51)16-28(32(23)27)33-31(54-40(43,44)45)17-29-35(34(33)42)47-37(48-36(29)50-18-24-4-5-25(19-50)46-24)53-22-39(7-8-39)21-49-12-9-38(20-49)10-13-52-14-11-38/h1,3,6,15-17,24-25,46,51H,4-5,7-14,18-22H2. The first-order chi connectivity index (χ1) is 25.9. The van der Waals surface area contributed by atoms with Crippen molar-refractivity contribution in [2.45, 2.75) is 67.4 Å². The van der Waals surface area contributed by atoms with E-state index >= 15 is 8.78 Å². The molecule has 1 aromatic heterocycles. The molecular weight excluding hydrogens is 726 g/mol. The fourth-order valence-corrected chi connectivity index (χ4v) is 9.98. The first kappa shape index (κ1) is 35.8. The average Bonchev–Trinajstić information content (AvgIpc) is 3.68. The van der Waals surface area contributed by atoms with Crippen LogP contribution >= 0.6 is 11.8 Å². The van der Waals surface area contributed by atoms with Gasteiger partial charge in [-0.05, 0) is 104 Å². The molecule has 5 fully saturated rings. The molecule has 0 amide bonds. The molecule has 4 aliphatic heterocycles. The lowest BCUT2D eigenvalue weighted by Crippen LogP contribution is -2.51. The molecule has 2 atom stereocenters. The van der Waals surface area contributed by atoms with E-state index in [1.165, 1.54) is 18.2 Å². The molecule has 4 saturated heterocycles. The quantitative estimate of drug-likeness (QED) is 0.107. The van der Waals surface area contributed by atoms with E-state index < -0.39 is 39.4 Å². The van der Waals surface area contributed by atoms with Gasteiger partial charge in [-0.25, -0.2) is 8.78 Å². The fourth-order valence-electron chi connectivity index (χ4n) is 9.25. The number of fused-ring (bicyclic) bond motifs is 4. The van der Waals surface area contributed by atoms with E-state index in [0.29, 0.717) is 30.9 Å². The molecule has 1 spiro atoms. The Balaban J connectivity index is 1.15. The molecule has 0 radical (unpaired) electrons. The van der Waals surface area contributed by atoms with Crippen LogP contribution in [0.2, 0.25) is 0 Å². The number of terminal acetylenes is 1. The lowest BCUT2D eigenvalue weighted by molar-refractivity contribution is -0.0328. The molecule has 284 valence electrons. The van der Waals surface area contributed by atoms with Crippen LogP contribution < -0.4 is 15.0 Å². The largest absolute Gasteiger partial charge is 0.508 e. The number of piperazine rings is 1. The zero-order valence-corrected chi connectivity index (χ0v) is 30.4. The number of hydrogen-bond acceptors (Lipinski definition) is 9. The van der Waals surface area contributed by atoms with Crippen LogP contribution in [0.5, 0.6) is 11.8 Å². The van der Waals surface area contributed by atoms with Crippen LogP contribution in [0.25, 0.3) is 32.8 Å². The summed E-state index contributed by atoms with van der Waals surface area (Å²) in [7, 11) is 0. The third-order valence-corrected chi connectivity index (χ3v) is 12.9. The van der Waals surface area contributed by atoms with Crippen molar-refractivity contribution in [1.29, 1.82) is 0 Å². The highest BCUT2D eigenvalue weighted by atomic mass is 32.2. The van der Waals surface area contributed by atoms with Crippen LogP contribution in [0.4, 0.5) is 27.8 Å². The van der Waals surface area contributed by atoms with Crippen LogP contribution in [0.1, 0.15) is 50.5 Å². The number of nitrogens with one attached hydrogen (secondary N) is 1. The summed E-state index contributed by atoms with van der Waals surface area (Å²) < 4.78 is 87.4. The lowest BCUT2D eigenvalue weighted by atomic mass is 9.80. The predicted octanol–water partition coefficient (Wildman–Crippen LogP) is 7.63. The number of phenols is 1. The topological polar surface area (TPSA) is 83.0 Å². The number of ether oxygens (including phenoxy) is 2. The minimum Gasteiger partial charge on any atom is -0.508 e. The zero-order valence-electron chi connectivity index (χ0n) is 29.6. The Morgan fingerprint density at radius 2 is 1.80 bits per heavy atom. The number of rotatable bonds is 8. The van der Waals surface area contributed by atoms with Crippen molar-refractivity contribution in [2.24, 2.45) is 10.8 Å². The Bertz CT molecular complexity index is 2170. The van der Waals surface area contributed by atoms with E-state index in [9.17, 15) is 18.3 Å². The summed E-state index contributed by atoms with van der Waals surface area (Å²) in [5.74, 6) is 0.333. The van der Waals surface area contributed by atoms with Crippen molar-refractivity contribution in [2.75, 3.05) is 57.4 Å². The van der Waals surface area contributed by atoms with Crippen LogP contribution in [0.3, 0.4) is 0 Å². The summed E-state index contributed by atoms with van der Waals surface area (Å²) in [4.78, 5) is 13.4. The third-order valence-electron chi connectivity index (χ3n) is 12.2. The molecule has 5 heterocycles. The minimum atomic E-state index is -4.82. The van der Waals surface area contributed by atoms with E-state index in [0.717, 1.165) is 89.9 Å². The number of alkyl halides is 3. The van der Waals surface area contributed by atoms with Crippen LogP contribution in [0, 0.1) is 34.8 Å². The molecule has 4 aromatic rings. The first-order valence-corrected chi connectivity index (χ1v) is 19.4. The van der Waals surface area contributed by atoms with Gasteiger partial charge in [-0.1, -0.05) is 12.0 Å². The Morgan fingerprint density at radius 1 is 1.04 bits per heavy atom. The molecule has 5 aliphatic rings. The van der Waals surface area contributed by atoms with Gasteiger partial charge in [0.15, 0.2) is 5.82 Å². The van der Waals surface area contributed by atoms with Crippen molar-refractivity contribution in [3.8, 4) is 35.2 Å². The minimum absolute atomic E-state index is 0.00197. The van der Waals surface area contributed by atoms with Crippen LogP contribution in [-0.4, -0.2) is 90.1 Å². The monoisotopic (exact) mass is 765 g/mol. The van der Waals surface area contributed by atoms with Crippen molar-refractivity contribution < 1.29 is 36.5 Å². The van der Waals surface area contributed by atoms with E-state index in [-0.39, 0.29) is 62.1 Å². The highest BCUT2D eigenvalue weighted by molar-refractivity contribution is 8.00. The summed E-state index contributed by atoms with van der Waals surface area (Å²) in [6.07, 6.45) is 12.8. The van der Waals surface area contributed by atoms with Gasteiger partial charge in [0.2, 0.25) is 0 Å². The van der Waals surface area contributed by atoms with Gasteiger partial charge in [-0.15, -0.1) is 6.42 Å². The fraction of sp³-hybridized carbons (Fsp3) is 0.500. The number of hydrogen-bond donors (Lipinski definition) is 2. The number of likely N-dealkylation sites (tertiary alicyclic amines) is 1. The lowest BCUT2D eigenvalue weighted by Gasteiger charge is -2.34. The Labute approximate surface area is 313 Å². The van der Waals surface area contributed by atoms with Gasteiger partial charge in [0.1, 0.15) is 22.9 Å². The summed E-state index contributed by atoms with van der Waals surface area (Å²) in [6, 6.07) is 6.35. The second kappa shape index (κ2) is 13.4. The van der Waals surface area contributed by atoms with Crippen molar-refractivity contribution in [3.05, 3.63) is 47.5 Å². The molecule has 1 aliphatic carbocycles. The molecule has 1 saturated carbocycles. The first-order valence-electron chi connectivity index (χ1n) is 18.6. The van der Waals surface area contributed by atoms with E-state index in [1.54, 1.807) is 0 Å². The van der Waals surface area contributed by atoms with Gasteiger partial charge < -0.3 is 29.7 Å². The summed E-state index contributed by atoms with van der Waals surface area (Å²) in [6.45, 7) is 5.89. The van der Waals surface area contributed by atoms with Crippen LogP contribution in [0.15, 0.2) is 35.2 Å². The number of thioether (sulfide) groups is 1. The Morgan fingerprint density at radius 3 is 2.50 bits per heavy atom. The second-order valence-corrected chi connectivity index (χ2v) is 17.0. The highest BCUT2D eigenvalue weighted by Gasteiger charge is 2.48. The normalized spacial score (nSPS) is 23.4. The molecular formula is C40H40F5N5O3S. The predicted molar refractivity (Wildman–Crippen MR) is 197 cm³/mol. The van der Waals surface area contributed by atoms with Gasteiger partial charge in [0.05, 0.1) is 12.2 Å². The maximum Gasteiger partial charge on any atom is 0.446 e. The van der Waals surface area contributed by atoms with Crippen molar-refractivity contribution in [3.63, 3.8) is 0 Å². The molecule has 2 N–H and O–H groups in total. The van der Waals surface area contributed by atoms with E-state index in [4.69, 9.17) is 20.9 Å². The number of anilines is 1. The van der Waals surface area contributed by atoms with Gasteiger partial charge in [-0.3, -0.25) is 0 Å². The molecule has 14 heteroatoms. The zero-order chi connectivity index (χ0) is 37.4. The van der Waals surface area contributed by atoms with Gasteiger partial charge >= 0.3 is 11.5 Å². The summed E-state index contributed by atoms with van der Waals surface area (Å²) in [5.41, 5.74) is -5.79. The maximum absolute atomic E-state index is 17.4. The molecule has 54 heavy (non-hydrogen) atoms. The number of phenolic OH excluding ortho intramolecular Hbond substituents is 1. The van der Waals surface area contributed by atoms with Gasteiger partial charge in [-0.2, -0.15) is 23.1 Å². The average molecular weight is 766 g/mol. The van der Waals surface area contributed by atoms with Crippen molar-refractivity contribution in [1.82, 2.24) is 20.2 Å². The number of nitrogens with zero attached hydrogens (tertiary/aromatic N) is 4. The number of benzene rings is 3. The molecule has 3 aromatic carbocycles. The molecule has 2 unspecified atom stereocenters. The highest BCUT2D eigenvalue weighted by Crippen LogP contribution is 2.51.